The Hall–Kier alpha value is -1.82. The van der Waals surface area contributed by atoms with E-state index in [-0.39, 0.29) is 5.69 Å². The number of para-hydroxylation sites is 1. The Bertz CT molecular complexity index is 507. The normalized spacial score (nSPS) is 12.1. The molecule has 0 aliphatic rings. The lowest BCUT2D eigenvalue weighted by molar-refractivity contribution is -0.383. The average molecular weight is 295 g/mol. The number of nitro groups is 1. The third-order valence-corrected chi connectivity index (χ3v) is 3.76. The van der Waals surface area contributed by atoms with Crippen LogP contribution in [0.25, 0.3) is 0 Å². The Balaban J connectivity index is 3.21. The summed E-state index contributed by atoms with van der Waals surface area (Å²) < 4.78 is 0. The molecule has 0 heterocycles. The fourth-order valence-corrected chi connectivity index (χ4v) is 1.73. The van der Waals surface area contributed by atoms with Gasteiger partial charge in [0.05, 0.1) is 16.1 Å². The Kier molecular flexibility index (Phi) is 5.17. The first kappa shape index (κ1) is 17.2. The Morgan fingerprint density at radius 3 is 2.29 bits per heavy atom. The fourth-order valence-electron chi connectivity index (χ4n) is 1.73. The van der Waals surface area contributed by atoms with Crippen LogP contribution in [0.4, 0.5) is 17.1 Å². The van der Waals surface area contributed by atoms with Gasteiger partial charge in [-0.15, -0.1) is 0 Å². The highest BCUT2D eigenvalue weighted by molar-refractivity contribution is 5.76. The SMILES string of the molecule is CCCNc1cccc(NC(C)(C)C(C)(C)O)c1[N+](=O)[O-]. The summed E-state index contributed by atoms with van der Waals surface area (Å²) in [6.07, 6.45) is 0.879. The molecule has 6 nitrogen and oxygen atoms in total. The molecule has 1 aromatic carbocycles. The molecule has 0 bridgehead atoms. The zero-order valence-corrected chi connectivity index (χ0v) is 13.4. The number of anilines is 2. The number of hydrogen-bond acceptors (Lipinski definition) is 5. The summed E-state index contributed by atoms with van der Waals surface area (Å²) in [6, 6.07) is 5.10. The summed E-state index contributed by atoms with van der Waals surface area (Å²) in [5.74, 6) is 0. The monoisotopic (exact) mass is 295 g/mol. The van der Waals surface area contributed by atoms with Gasteiger partial charge in [-0.2, -0.15) is 0 Å². The molecule has 1 aromatic rings. The second-order valence-electron chi connectivity index (χ2n) is 6.19. The molecule has 1 rings (SSSR count). The van der Waals surface area contributed by atoms with Crippen molar-refractivity contribution < 1.29 is 10.0 Å². The van der Waals surface area contributed by atoms with Gasteiger partial charge in [0.1, 0.15) is 11.4 Å². The van der Waals surface area contributed by atoms with Gasteiger partial charge in [0.25, 0.3) is 0 Å². The zero-order valence-electron chi connectivity index (χ0n) is 13.4. The molecule has 21 heavy (non-hydrogen) atoms. The topological polar surface area (TPSA) is 87.4 Å². The maximum Gasteiger partial charge on any atom is 0.315 e. The summed E-state index contributed by atoms with van der Waals surface area (Å²) in [6.45, 7) is 9.62. The van der Waals surface area contributed by atoms with Crippen LogP contribution in [0.3, 0.4) is 0 Å². The van der Waals surface area contributed by atoms with Crippen LogP contribution in [-0.4, -0.2) is 27.7 Å². The van der Waals surface area contributed by atoms with E-state index in [0.29, 0.717) is 17.9 Å². The summed E-state index contributed by atoms with van der Waals surface area (Å²) >= 11 is 0. The molecule has 0 saturated heterocycles. The fraction of sp³-hybridized carbons (Fsp3) is 0.600. The van der Waals surface area contributed by atoms with Crippen LogP contribution in [0.2, 0.25) is 0 Å². The minimum atomic E-state index is -1.03. The van der Waals surface area contributed by atoms with Crippen molar-refractivity contribution in [3.8, 4) is 0 Å². The molecule has 6 heteroatoms. The van der Waals surface area contributed by atoms with E-state index in [1.165, 1.54) is 0 Å². The molecule has 0 aromatic heterocycles. The van der Waals surface area contributed by atoms with Crippen molar-refractivity contribution in [1.82, 2.24) is 0 Å². The van der Waals surface area contributed by atoms with Gasteiger partial charge >= 0.3 is 5.69 Å². The summed E-state index contributed by atoms with van der Waals surface area (Å²) in [7, 11) is 0. The number of rotatable bonds is 7. The molecule has 0 aliphatic carbocycles. The summed E-state index contributed by atoms with van der Waals surface area (Å²) in [5.41, 5.74) is -0.871. The summed E-state index contributed by atoms with van der Waals surface area (Å²) in [5, 5.41) is 27.8. The van der Waals surface area contributed by atoms with Crippen LogP contribution < -0.4 is 10.6 Å². The highest BCUT2D eigenvalue weighted by Gasteiger charge is 2.36. The van der Waals surface area contributed by atoms with E-state index in [0.717, 1.165) is 6.42 Å². The number of nitrogens with one attached hydrogen (secondary N) is 2. The van der Waals surface area contributed by atoms with Crippen molar-refractivity contribution in [2.24, 2.45) is 0 Å². The van der Waals surface area contributed by atoms with Crippen LogP contribution in [0.1, 0.15) is 41.0 Å². The summed E-state index contributed by atoms with van der Waals surface area (Å²) in [4.78, 5) is 11.0. The lowest BCUT2D eigenvalue weighted by Crippen LogP contribution is -2.51. The highest BCUT2D eigenvalue weighted by atomic mass is 16.6. The lowest BCUT2D eigenvalue weighted by atomic mass is 9.85. The van der Waals surface area contributed by atoms with Crippen molar-refractivity contribution in [3.05, 3.63) is 28.3 Å². The van der Waals surface area contributed by atoms with Crippen LogP contribution in [0.15, 0.2) is 18.2 Å². The standard InChI is InChI=1S/C15H25N3O3/c1-6-10-16-11-8-7-9-12(13(11)18(20)21)17-14(2,3)15(4,5)19/h7-9,16-17,19H,6,10H2,1-5H3. The average Bonchev–Trinajstić information content (AvgIpc) is 2.34. The van der Waals surface area contributed by atoms with Crippen molar-refractivity contribution in [1.29, 1.82) is 0 Å². The van der Waals surface area contributed by atoms with E-state index in [2.05, 4.69) is 10.6 Å². The first-order valence-corrected chi connectivity index (χ1v) is 7.12. The van der Waals surface area contributed by atoms with Gasteiger partial charge in [-0.25, -0.2) is 0 Å². The predicted octanol–water partition coefficient (Wildman–Crippen LogP) is 3.38. The highest BCUT2D eigenvalue weighted by Crippen LogP contribution is 2.36. The van der Waals surface area contributed by atoms with Gasteiger partial charge < -0.3 is 15.7 Å². The molecule has 0 spiro atoms. The van der Waals surface area contributed by atoms with E-state index in [9.17, 15) is 15.2 Å². The molecule has 0 radical (unpaired) electrons. The largest absolute Gasteiger partial charge is 0.388 e. The van der Waals surface area contributed by atoms with Gasteiger partial charge in [-0.05, 0) is 46.2 Å². The smallest absolute Gasteiger partial charge is 0.315 e. The van der Waals surface area contributed by atoms with E-state index in [1.807, 2.05) is 20.8 Å². The quantitative estimate of drug-likeness (QED) is 0.530. The van der Waals surface area contributed by atoms with Gasteiger partial charge in [0.2, 0.25) is 0 Å². The molecular weight excluding hydrogens is 270 g/mol. The first-order chi connectivity index (χ1) is 9.60. The lowest BCUT2D eigenvalue weighted by Gasteiger charge is -2.38. The molecule has 0 saturated carbocycles. The van der Waals surface area contributed by atoms with Crippen LogP contribution >= 0.6 is 0 Å². The van der Waals surface area contributed by atoms with Gasteiger partial charge in [0.15, 0.2) is 0 Å². The van der Waals surface area contributed by atoms with Crippen molar-refractivity contribution >= 4 is 17.1 Å². The second-order valence-corrected chi connectivity index (χ2v) is 6.19. The molecular formula is C15H25N3O3. The Morgan fingerprint density at radius 2 is 1.81 bits per heavy atom. The van der Waals surface area contributed by atoms with E-state index >= 15 is 0 Å². The molecule has 3 N–H and O–H groups in total. The molecule has 0 amide bonds. The van der Waals surface area contributed by atoms with E-state index < -0.39 is 16.1 Å². The molecule has 0 unspecified atom stereocenters. The number of nitrogens with zero attached hydrogens (tertiary/aromatic N) is 1. The van der Waals surface area contributed by atoms with Gasteiger partial charge in [0, 0.05) is 6.54 Å². The zero-order chi connectivity index (χ0) is 16.3. The van der Waals surface area contributed by atoms with Crippen LogP contribution in [0, 0.1) is 10.1 Å². The van der Waals surface area contributed by atoms with Crippen LogP contribution in [-0.2, 0) is 0 Å². The van der Waals surface area contributed by atoms with Gasteiger partial charge in [-0.3, -0.25) is 10.1 Å². The second kappa shape index (κ2) is 6.30. The molecule has 118 valence electrons. The molecule has 0 atom stereocenters. The van der Waals surface area contributed by atoms with E-state index in [4.69, 9.17) is 0 Å². The van der Waals surface area contributed by atoms with Crippen molar-refractivity contribution in [3.63, 3.8) is 0 Å². The third-order valence-electron chi connectivity index (χ3n) is 3.76. The first-order valence-electron chi connectivity index (χ1n) is 7.12. The van der Waals surface area contributed by atoms with Gasteiger partial charge in [-0.1, -0.05) is 13.0 Å². The third kappa shape index (κ3) is 4.07. The number of hydrogen-bond donors (Lipinski definition) is 3. The minimum Gasteiger partial charge on any atom is -0.388 e. The molecule has 0 fully saturated rings. The maximum atomic E-state index is 11.4. The maximum absolute atomic E-state index is 11.4. The number of nitro benzene ring substituents is 1. The van der Waals surface area contributed by atoms with Crippen LogP contribution in [0.5, 0.6) is 0 Å². The number of benzene rings is 1. The Morgan fingerprint density at radius 1 is 1.24 bits per heavy atom. The van der Waals surface area contributed by atoms with E-state index in [1.54, 1.807) is 32.0 Å². The number of aliphatic hydroxyl groups is 1. The molecule has 0 aliphatic heterocycles. The Labute approximate surface area is 125 Å². The predicted molar refractivity (Wildman–Crippen MR) is 85.9 cm³/mol. The minimum absolute atomic E-state index is 0.00303. The van der Waals surface area contributed by atoms with Crippen molar-refractivity contribution in [2.75, 3.05) is 17.2 Å². The van der Waals surface area contributed by atoms with Crippen molar-refractivity contribution in [2.45, 2.75) is 52.2 Å².